The van der Waals surface area contributed by atoms with Crippen molar-refractivity contribution >= 4 is 11.9 Å². The summed E-state index contributed by atoms with van der Waals surface area (Å²) in [4.78, 5) is 23.5. The van der Waals surface area contributed by atoms with Gasteiger partial charge >= 0.3 is 11.9 Å². The van der Waals surface area contributed by atoms with Gasteiger partial charge in [-0.15, -0.1) is 0 Å². The van der Waals surface area contributed by atoms with Crippen LogP contribution in [0.3, 0.4) is 0 Å². The van der Waals surface area contributed by atoms with Crippen LogP contribution in [0.1, 0.15) is 43.4 Å². The van der Waals surface area contributed by atoms with Crippen molar-refractivity contribution in [2.75, 3.05) is 0 Å². The number of hydrogen-bond donors (Lipinski definition) is 2. The summed E-state index contributed by atoms with van der Waals surface area (Å²) in [5, 5.41) is 27.7. The van der Waals surface area contributed by atoms with E-state index in [9.17, 15) is 28.6 Å². The molecule has 0 bridgehead atoms. The number of nitrogens with zero attached hydrogens (tertiary/aromatic N) is 1. The van der Waals surface area contributed by atoms with Crippen LogP contribution in [0.5, 0.6) is 0 Å². The summed E-state index contributed by atoms with van der Waals surface area (Å²) < 4.78 is 28.2. The number of aliphatic carboxylic acids is 2. The van der Waals surface area contributed by atoms with Crippen molar-refractivity contribution < 1.29 is 28.6 Å². The van der Waals surface area contributed by atoms with E-state index in [4.69, 9.17) is 5.26 Å². The van der Waals surface area contributed by atoms with Gasteiger partial charge in [-0.3, -0.25) is 9.59 Å². The standard InChI is InChI=1S/C16H17F2NO4/c1-3-9-8-11(10(4-2)13(18)12(9)17)16(14(20)21,15(22)23)6-5-7-19/h8H,3-6H2,1-2H3,(H,20,21)(H,22,23). The summed E-state index contributed by atoms with van der Waals surface area (Å²) >= 11 is 0. The van der Waals surface area contributed by atoms with Crippen LogP contribution < -0.4 is 0 Å². The van der Waals surface area contributed by atoms with Gasteiger partial charge in [-0.1, -0.05) is 19.9 Å². The highest BCUT2D eigenvalue weighted by molar-refractivity contribution is 6.05. The number of nitriles is 1. The predicted octanol–water partition coefficient (Wildman–Crippen LogP) is 2.80. The molecule has 7 heteroatoms. The Morgan fingerprint density at radius 1 is 1.17 bits per heavy atom. The van der Waals surface area contributed by atoms with Crippen LogP contribution in [0.4, 0.5) is 8.78 Å². The number of carboxylic acid groups (broad SMARTS) is 2. The minimum Gasteiger partial charge on any atom is -0.480 e. The zero-order valence-corrected chi connectivity index (χ0v) is 12.8. The second-order valence-corrected chi connectivity index (χ2v) is 5.07. The summed E-state index contributed by atoms with van der Waals surface area (Å²) in [5.41, 5.74) is -3.17. The first-order chi connectivity index (χ1) is 10.8. The first-order valence-corrected chi connectivity index (χ1v) is 7.11. The smallest absolute Gasteiger partial charge is 0.325 e. The molecule has 124 valence electrons. The van der Waals surface area contributed by atoms with Gasteiger partial charge in [0.15, 0.2) is 17.0 Å². The molecule has 2 N–H and O–H groups in total. The second-order valence-electron chi connectivity index (χ2n) is 5.07. The summed E-state index contributed by atoms with van der Waals surface area (Å²) in [7, 11) is 0. The van der Waals surface area contributed by atoms with Crippen molar-refractivity contribution in [2.45, 2.75) is 44.9 Å². The molecule has 0 unspecified atom stereocenters. The lowest BCUT2D eigenvalue weighted by Gasteiger charge is -2.28. The third-order valence-electron chi connectivity index (χ3n) is 3.92. The molecule has 0 atom stereocenters. The maximum absolute atomic E-state index is 14.3. The van der Waals surface area contributed by atoms with Gasteiger partial charge in [0.05, 0.1) is 6.07 Å². The van der Waals surface area contributed by atoms with Crippen molar-refractivity contribution in [1.29, 1.82) is 5.26 Å². The Bertz CT molecular complexity index is 666. The van der Waals surface area contributed by atoms with Gasteiger partial charge in [0.25, 0.3) is 0 Å². The minimum atomic E-state index is -2.49. The topological polar surface area (TPSA) is 98.4 Å². The van der Waals surface area contributed by atoms with Crippen LogP contribution in [0.15, 0.2) is 6.07 Å². The third-order valence-corrected chi connectivity index (χ3v) is 3.92. The van der Waals surface area contributed by atoms with E-state index in [2.05, 4.69) is 0 Å². The molecular formula is C16H17F2NO4. The number of halogens is 2. The van der Waals surface area contributed by atoms with E-state index >= 15 is 0 Å². The third kappa shape index (κ3) is 3.02. The molecule has 0 saturated carbocycles. The van der Waals surface area contributed by atoms with Gasteiger partial charge in [0, 0.05) is 6.42 Å². The zero-order valence-electron chi connectivity index (χ0n) is 12.8. The molecule has 0 fully saturated rings. The Morgan fingerprint density at radius 2 is 1.74 bits per heavy atom. The van der Waals surface area contributed by atoms with Crippen LogP contribution in [0.25, 0.3) is 0 Å². The molecule has 0 radical (unpaired) electrons. The van der Waals surface area contributed by atoms with Crippen molar-refractivity contribution in [3.05, 3.63) is 34.4 Å². The lowest BCUT2D eigenvalue weighted by Crippen LogP contribution is -2.45. The molecular weight excluding hydrogens is 308 g/mol. The number of carbonyl (C=O) groups is 2. The van der Waals surface area contributed by atoms with E-state index < -0.39 is 35.4 Å². The Kier molecular flexibility index (Phi) is 5.79. The molecule has 1 aromatic carbocycles. The first-order valence-electron chi connectivity index (χ1n) is 7.11. The number of rotatable bonds is 7. The van der Waals surface area contributed by atoms with Crippen LogP contribution in [0.2, 0.25) is 0 Å². The summed E-state index contributed by atoms with van der Waals surface area (Å²) in [6.45, 7) is 3.03. The van der Waals surface area contributed by atoms with E-state index in [0.717, 1.165) is 6.07 Å². The largest absolute Gasteiger partial charge is 0.480 e. The molecule has 0 amide bonds. The van der Waals surface area contributed by atoms with Crippen LogP contribution in [0, 0.1) is 23.0 Å². The molecule has 5 nitrogen and oxygen atoms in total. The average Bonchev–Trinajstić information content (AvgIpc) is 2.50. The number of aryl methyl sites for hydroxylation is 1. The molecule has 0 saturated heterocycles. The molecule has 0 aliphatic rings. The minimum absolute atomic E-state index is 0.0725. The SMILES string of the molecule is CCc1cc(C(CCC#N)(C(=O)O)C(=O)O)c(CC)c(F)c1F. The normalized spacial score (nSPS) is 11.1. The highest BCUT2D eigenvalue weighted by atomic mass is 19.2. The van der Waals surface area contributed by atoms with Gasteiger partial charge in [0.2, 0.25) is 0 Å². The number of hydrogen-bond acceptors (Lipinski definition) is 3. The Hall–Kier alpha value is -2.49. The molecule has 0 aliphatic carbocycles. The number of benzene rings is 1. The molecule has 0 spiro atoms. The van der Waals surface area contributed by atoms with E-state index in [1.807, 2.05) is 0 Å². The van der Waals surface area contributed by atoms with Crippen LogP contribution >= 0.6 is 0 Å². The lowest BCUT2D eigenvalue weighted by atomic mass is 9.73. The highest BCUT2D eigenvalue weighted by Gasteiger charge is 2.50. The van der Waals surface area contributed by atoms with Crippen molar-refractivity contribution in [1.82, 2.24) is 0 Å². The summed E-state index contributed by atoms with van der Waals surface area (Å²) in [5.74, 6) is -5.74. The monoisotopic (exact) mass is 325 g/mol. The molecule has 23 heavy (non-hydrogen) atoms. The zero-order chi connectivity index (χ0) is 17.8. The average molecular weight is 325 g/mol. The van der Waals surface area contributed by atoms with E-state index in [1.165, 1.54) is 6.92 Å². The van der Waals surface area contributed by atoms with Gasteiger partial charge in [-0.25, -0.2) is 8.78 Å². The Labute approximate surface area is 132 Å². The highest BCUT2D eigenvalue weighted by Crippen LogP contribution is 2.36. The van der Waals surface area contributed by atoms with Gasteiger partial charge in [0.1, 0.15) is 0 Å². The fraction of sp³-hybridized carbons (Fsp3) is 0.438. The van der Waals surface area contributed by atoms with Crippen molar-refractivity contribution in [3.63, 3.8) is 0 Å². The Morgan fingerprint density at radius 3 is 2.13 bits per heavy atom. The first kappa shape index (κ1) is 18.6. The lowest BCUT2D eigenvalue weighted by molar-refractivity contribution is -0.158. The van der Waals surface area contributed by atoms with Gasteiger partial charge in [-0.2, -0.15) is 5.26 Å². The fourth-order valence-electron chi connectivity index (χ4n) is 2.61. The second kappa shape index (κ2) is 7.18. The maximum Gasteiger partial charge on any atom is 0.325 e. The Balaban J connectivity index is 3.85. The molecule has 1 rings (SSSR count). The quantitative estimate of drug-likeness (QED) is 0.751. The molecule has 1 aromatic rings. The predicted molar refractivity (Wildman–Crippen MR) is 76.9 cm³/mol. The van der Waals surface area contributed by atoms with E-state index in [-0.39, 0.29) is 36.0 Å². The van der Waals surface area contributed by atoms with E-state index in [0.29, 0.717) is 0 Å². The maximum atomic E-state index is 14.3. The van der Waals surface area contributed by atoms with Crippen LogP contribution in [-0.2, 0) is 27.8 Å². The van der Waals surface area contributed by atoms with Crippen LogP contribution in [-0.4, -0.2) is 22.2 Å². The van der Waals surface area contributed by atoms with Crippen molar-refractivity contribution in [3.8, 4) is 6.07 Å². The van der Waals surface area contributed by atoms with Gasteiger partial charge < -0.3 is 10.2 Å². The number of carboxylic acids is 2. The molecule has 0 heterocycles. The molecule has 0 aliphatic heterocycles. The fourth-order valence-corrected chi connectivity index (χ4v) is 2.61. The van der Waals surface area contributed by atoms with Crippen molar-refractivity contribution in [2.24, 2.45) is 0 Å². The molecule has 0 aromatic heterocycles. The summed E-state index contributed by atoms with van der Waals surface area (Å²) in [6.07, 6.45) is -0.873. The van der Waals surface area contributed by atoms with E-state index in [1.54, 1.807) is 13.0 Å². The van der Waals surface area contributed by atoms with Gasteiger partial charge in [-0.05, 0) is 36.0 Å². The summed E-state index contributed by atoms with van der Waals surface area (Å²) in [6, 6.07) is 2.79.